The molecule has 2 N–H and O–H groups in total. The molecule has 0 amide bonds. The van der Waals surface area contributed by atoms with Gasteiger partial charge in [-0.25, -0.2) is 0 Å². The number of hydrogen-bond donors (Lipinski definition) is 2. The van der Waals surface area contributed by atoms with E-state index in [1.54, 1.807) is 50.4 Å². The van der Waals surface area contributed by atoms with Crippen LogP contribution in [0.25, 0.3) is 0 Å². The van der Waals surface area contributed by atoms with Gasteiger partial charge in [-0.1, -0.05) is 24.3 Å². The molecule has 0 saturated carbocycles. The summed E-state index contributed by atoms with van der Waals surface area (Å²) in [6.45, 7) is -0.189. The number of nitrogens with one attached hydrogen (secondary N) is 2. The van der Waals surface area contributed by atoms with E-state index in [2.05, 4.69) is 26.4 Å². The molecular formula is C20H23F2IN4O2. The van der Waals surface area contributed by atoms with Gasteiger partial charge in [-0.15, -0.1) is 24.0 Å². The third-order valence-electron chi connectivity index (χ3n) is 3.75. The van der Waals surface area contributed by atoms with Crippen LogP contribution in [0.15, 0.2) is 47.5 Å². The Morgan fingerprint density at radius 3 is 2.55 bits per heavy atom. The smallest absolute Gasteiger partial charge is 0.387 e. The number of benzene rings is 2. The highest BCUT2D eigenvalue weighted by atomic mass is 127. The maximum atomic E-state index is 12.8. The maximum absolute atomic E-state index is 12.8. The van der Waals surface area contributed by atoms with Gasteiger partial charge in [-0.05, 0) is 30.7 Å². The number of para-hydroxylation sites is 1. The van der Waals surface area contributed by atoms with Gasteiger partial charge in [0.15, 0.2) is 17.5 Å². The standard InChI is InChI=1S/C20H22F2N4O2.HI/c1-3-27-17-9-5-8-16(18(17)28-19(21)22)13-26-20(24-2)25-12-15-7-4-6-14(10-15)11-23;/h4-10,19H,3,12-13H2,1-2H3,(H2,24,25,26);1H. The summed E-state index contributed by atoms with van der Waals surface area (Å²) >= 11 is 0. The van der Waals surface area contributed by atoms with E-state index in [-0.39, 0.29) is 42.0 Å². The number of guanidine groups is 1. The quantitative estimate of drug-likeness (QED) is 0.315. The monoisotopic (exact) mass is 516 g/mol. The van der Waals surface area contributed by atoms with Crippen LogP contribution in [0.2, 0.25) is 0 Å². The molecule has 2 aromatic rings. The van der Waals surface area contributed by atoms with Gasteiger partial charge in [-0.3, -0.25) is 4.99 Å². The van der Waals surface area contributed by atoms with Crippen molar-refractivity contribution in [1.29, 1.82) is 5.26 Å². The van der Waals surface area contributed by atoms with Crippen molar-refractivity contribution >= 4 is 29.9 Å². The van der Waals surface area contributed by atoms with Crippen molar-refractivity contribution in [3.05, 3.63) is 59.2 Å². The summed E-state index contributed by atoms with van der Waals surface area (Å²) in [7, 11) is 1.61. The number of rotatable bonds is 8. The molecular weight excluding hydrogens is 493 g/mol. The molecule has 0 aliphatic rings. The molecule has 2 aromatic carbocycles. The first-order valence-corrected chi connectivity index (χ1v) is 8.70. The molecule has 0 spiro atoms. The molecule has 0 aromatic heterocycles. The molecule has 29 heavy (non-hydrogen) atoms. The van der Waals surface area contributed by atoms with E-state index < -0.39 is 6.61 Å². The van der Waals surface area contributed by atoms with Gasteiger partial charge in [0.05, 0.1) is 18.2 Å². The molecule has 0 unspecified atom stereocenters. The zero-order valence-corrected chi connectivity index (χ0v) is 18.4. The second kappa shape index (κ2) is 12.8. The second-order valence-electron chi connectivity index (χ2n) is 5.65. The molecule has 2 rings (SSSR count). The Morgan fingerprint density at radius 1 is 1.17 bits per heavy atom. The van der Waals surface area contributed by atoms with Crippen LogP contribution in [0.4, 0.5) is 8.78 Å². The minimum Gasteiger partial charge on any atom is -0.490 e. The average molecular weight is 516 g/mol. The van der Waals surface area contributed by atoms with Gasteiger partial charge in [0.1, 0.15) is 0 Å². The molecule has 0 aliphatic carbocycles. The van der Waals surface area contributed by atoms with Gasteiger partial charge in [0.25, 0.3) is 0 Å². The molecule has 6 nitrogen and oxygen atoms in total. The van der Waals surface area contributed by atoms with Crippen LogP contribution in [0, 0.1) is 11.3 Å². The maximum Gasteiger partial charge on any atom is 0.387 e. The number of ether oxygens (including phenoxy) is 2. The Labute approximate surface area is 185 Å². The van der Waals surface area contributed by atoms with Crippen molar-refractivity contribution in [2.24, 2.45) is 4.99 Å². The lowest BCUT2D eigenvalue weighted by atomic mass is 10.1. The summed E-state index contributed by atoms with van der Waals surface area (Å²) in [5.74, 6) is 0.745. The Bertz CT molecular complexity index is 857. The molecule has 0 heterocycles. The summed E-state index contributed by atoms with van der Waals surface area (Å²) in [4.78, 5) is 4.12. The predicted molar refractivity (Wildman–Crippen MR) is 118 cm³/mol. The molecule has 0 radical (unpaired) electrons. The molecule has 156 valence electrons. The fourth-order valence-electron chi connectivity index (χ4n) is 2.53. The second-order valence-corrected chi connectivity index (χ2v) is 5.65. The fourth-order valence-corrected chi connectivity index (χ4v) is 2.53. The summed E-state index contributed by atoms with van der Waals surface area (Å²) < 4.78 is 35.6. The molecule has 0 atom stereocenters. The summed E-state index contributed by atoms with van der Waals surface area (Å²) in [6.07, 6.45) is 0. The van der Waals surface area contributed by atoms with Crippen molar-refractivity contribution in [1.82, 2.24) is 10.6 Å². The lowest BCUT2D eigenvalue weighted by Crippen LogP contribution is -2.36. The molecule has 0 bridgehead atoms. The number of alkyl halides is 2. The lowest BCUT2D eigenvalue weighted by molar-refractivity contribution is -0.0520. The average Bonchev–Trinajstić information content (AvgIpc) is 2.70. The Kier molecular flexibility index (Phi) is 10.8. The first-order valence-electron chi connectivity index (χ1n) is 8.70. The van der Waals surface area contributed by atoms with Crippen molar-refractivity contribution in [2.45, 2.75) is 26.6 Å². The number of hydrogen-bond acceptors (Lipinski definition) is 4. The van der Waals surface area contributed by atoms with E-state index in [0.717, 1.165) is 5.56 Å². The topological polar surface area (TPSA) is 78.7 Å². The third kappa shape index (κ3) is 7.73. The molecule has 9 heteroatoms. The van der Waals surface area contributed by atoms with Gasteiger partial charge < -0.3 is 20.1 Å². The van der Waals surface area contributed by atoms with Crippen LogP contribution in [-0.2, 0) is 13.1 Å². The van der Waals surface area contributed by atoms with Crippen LogP contribution in [-0.4, -0.2) is 26.2 Å². The van der Waals surface area contributed by atoms with E-state index in [0.29, 0.717) is 30.2 Å². The van der Waals surface area contributed by atoms with Crippen LogP contribution in [0.5, 0.6) is 11.5 Å². The minimum atomic E-state index is -2.95. The summed E-state index contributed by atoms with van der Waals surface area (Å²) in [5, 5.41) is 15.1. The van der Waals surface area contributed by atoms with Crippen molar-refractivity contribution in [3.8, 4) is 17.6 Å². The van der Waals surface area contributed by atoms with E-state index in [4.69, 9.17) is 10.00 Å². The van der Waals surface area contributed by atoms with E-state index in [9.17, 15) is 8.78 Å². The number of nitrogens with zero attached hydrogens (tertiary/aromatic N) is 2. The van der Waals surface area contributed by atoms with Crippen molar-refractivity contribution in [3.63, 3.8) is 0 Å². The minimum absolute atomic E-state index is 0. The first kappa shape index (κ1) is 24.4. The summed E-state index contributed by atoms with van der Waals surface area (Å²) in [6, 6.07) is 14.3. The van der Waals surface area contributed by atoms with Gasteiger partial charge >= 0.3 is 6.61 Å². The molecule has 0 fully saturated rings. The zero-order valence-electron chi connectivity index (χ0n) is 16.1. The van der Waals surface area contributed by atoms with Gasteiger partial charge in [-0.2, -0.15) is 14.0 Å². The number of aliphatic imine (C=N–C) groups is 1. The predicted octanol–water partition coefficient (Wildman–Crippen LogP) is 4.04. The highest BCUT2D eigenvalue weighted by Crippen LogP contribution is 2.32. The third-order valence-corrected chi connectivity index (χ3v) is 3.75. The normalized spacial score (nSPS) is 10.7. The van der Waals surface area contributed by atoms with Crippen LogP contribution in [0.1, 0.15) is 23.6 Å². The zero-order chi connectivity index (χ0) is 20.4. The van der Waals surface area contributed by atoms with Crippen LogP contribution >= 0.6 is 24.0 Å². The molecule has 0 saturated heterocycles. The van der Waals surface area contributed by atoms with Crippen LogP contribution in [0.3, 0.4) is 0 Å². The highest BCUT2D eigenvalue weighted by molar-refractivity contribution is 14.0. The SMILES string of the molecule is CCOc1cccc(CNC(=NC)NCc2cccc(C#N)c2)c1OC(F)F.I. The fraction of sp³-hybridized carbons (Fsp3) is 0.300. The van der Waals surface area contributed by atoms with E-state index >= 15 is 0 Å². The summed E-state index contributed by atoms with van der Waals surface area (Å²) in [5.41, 5.74) is 2.01. The van der Waals surface area contributed by atoms with Gasteiger partial charge in [0, 0.05) is 25.7 Å². The highest BCUT2D eigenvalue weighted by Gasteiger charge is 2.16. The van der Waals surface area contributed by atoms with Crippen LogP contribution < -0.4 is 20.1 Å². The van der Waals surface area contributed by atoms with E-state index in [1.807, 2.05) is 6.07 Å². The first-order chi connectivity index (χ1) is 13.6. The number of nitriles is 1. The lowest BCUT2D eigenvalue weighted by Gasteiger charge is -2.17. The number of halogens is 3. The Morgan fingerprint density at radius 2 is 1.90 bits per heavy atom. The van der Waals surface area contributed by atoms with Crippen molar-refractivity contribution < 1.29 is 18.3 Å². The van der Waals surface area contributed by atoms with Gasteiger partial charge in [0.2, 0.25) is 0 Å². The van der Waals surface area contributed by atoms with E-state index in [1.165, 1.54) is 0 Å². The Balaban J connectivity index is 0.00000420. The Hall–Kier alpha value is -2.61. The molecule has 0 aliphatic heterocycles. The largest absolute Gasteiger partial charge is 0.490 e. The van der Waals surface area contributed by atoms with Crippen molar-refractivity contribution in [2.75, 3.05) is 13.7 Å².